The molecule has 0 spiro atoms. The number of methoxy groups -OCH3 is 3. The summed E-state index contributed by atoms with van der Waals surface area (Å²) in [4.78, 5) is 14.4. The van der Waals surface area contributed by atoms with Crippen LogP contribution in [0.4, 0.5) is 4.39 Å². The van der Waals surface area contributed by atoms with Crippen molar-refractivity contribution in [3.8, 4) is 17.2 Å². The van der Waals surface area contributed by atoms with E-state index in [0.717, 1.165) is 11.1 Å². The van der Waals surface area contributed by atoms with Crippen LogP contribution in [0.5, 0.6) is 17.2 Å². The van der Waals surface area contributed by atoms with Crippen LogP contribution in [-0.2, 0) is 11.2 Å². The van der Waals surface area contributed by atoms with Crippen molar-refractivity contribution in [1.82, 2.24) is 4.90 Å². The van der Waals surface area contributed by atoms with Gasteiger partial charge in [0, 0.05) is 31.6 Å². The Morgan fingerprint density at radius 2 is 1.76 bits per heavy atom. The minimum absolute atomic E-state index is 0.0252. The van der Waals surface area contributed by atoms with Gasteiger partial charge >= 0.3 is 0 Å². The van der Waals surface area contributed by atoms with Crippen molar-refractivity contribution in [1.29, 1.82) is 0 Å². The molecule has 29 heavy (non-hydrogen) atoms. The predicted molar refractivity (Wildman–Crippen MR) is 110 cm³/mol. The monoisotopic (exact) mass is 399 g/mol. The van der Waals surface area contributed by atoms with E-state index in [4.69, 9.17) is 14.2 Å². The highest BCUT2D eigenvalue weighted by atomic mass is 19.1. The molecule has 1 aliphatic heterocycles. The Balaban J connectivity index is 1.70. The van der Waals surface area contributed by atoms with Gasteiger partial charge < -0.3 is 19.1 Å². The van der Waals surface area contributed by atoms with E-state index < -0.39 is 0 Å². The molecule has 1 heterocycles. The van der Waals surface area contributed by atoms with E-state index >= 15 is 0 Å². The van der Waals surface area contributed by atoms with Gasteiger partial charge in [0.2, 0.25) is 5.91 Å². The molecule has 0 N–H and O–H groups in total. The molecule has 0 fully saturated rings. The van der Waals surface area contributed by atoms with Gasteiger partial charge in [-0.3, -0.25) is 4.79 Å². The van der Waals surface area contributed by atoms with Crippen LogP contribution in [0.25, 0.3) is 5.57 Å². The molecule has 1 amide bonds. The van der Waals surface area contributed by atoms with E-state index in [9.17, 15) is 9.18 Å². The molecular formula is C23H26FNO4. The molecule has 6 heteroatoms. The SMILES string of the molecule is COc1cc(OC)c(C2=CCN(C(=O)CCc3ccccc3F)CC2)c(OC)c1. The number of rotatable bonds is 7. The minimum atomic E-state index is -0.264. The second-order valence-corrected chi connectivity index (χ2v) is 6.82. The summed E-state index contributed by atoms with van der Waals surface area (Å²) in [6.07, 6.45) is 3.40. The highest BCUT2D eigenvalue weighted by molar-refractivity contribution is 5.81. The van der Waals surface area contributed by atoms with Crippen molar-refractivity contribution in [2.75, 3.05) is 34.4 Å². The summed E-state index contributed by atoms with van der Waals surface area (Å²) in [6.45, 7) is 1.10. The number of hydrogen-bond donors (Lipinski definition) is 0. The first-order valence-electron chi connectivity index (χ1n) is 9.58. The normalized spacial score (nSPS) is 13.7. The van der Waals surface area contributed by atoms with Crippen LogP contribution in [0, 0.1) is 5.82 Å². The Bertz CT molecular complexity index is 884. The van der Waals surface area contributed by atoms with Crippen molar-refractivity contribution in [2.45, 2.75) is 19.3 Å². The Morgan fingerprint density at radius 3 is 2.31 bits per heavy atom. The fraction of sp³-hybridized carbons (Fsp3) is 0.348. The first kappa shape index (κ1) is 20.7. The second-order valence-electron chi connectivity index (χ2n) is 6.82. The van der Waals surface area contributed by atoms with E-state index in [1.54, 1.807) is 44.4 Å². The summed E-state index contributed by atoms with van der Waals surface area (Å²) < 4.78 is 30.1. The molecule has 0 aliphatic carbocycles. The first-order valence-corrected chi connectivity index (χ1v) is 9.58. The molecule has 0 saturated carbocycles. The third-order valence-corrected chi connectivity index (χ3v) is 5.16. The fourth-order valence-corrected chi connectivity index (χ4v) is 3.55. The number of ether oxygens (including phenoxy) is 3. The summed E-state index contributed by atoms with van der Waals surface area (Å²) in [7, 11) is 4.82. The minimum Gasteiger partial charge on any atom is -0.496 e. The molecule has 2 aromatic carbocycles. The van der Waals surface area contributed by atoms with E-state index in [1.165, 1.54) is 6.07 Å². The Labute approximate surface area is 170 Å². The standard InChI is InChI=1S/C23H26FNO4/c1-27-18-14-20(28-2)23(21(15-18)29-3)17-10-12-25(13-11-17)22(26)9-8-16-6-4-5-7-19(16)24/h4-7,10,14-15H,8-9,11-13H2,1-3H3. The summed E-state index contributed by atoms with van der Waals surface area (Å²) in [5.41, 5.74) is 2.52. The Morgan fingerprint density at radius 1 is 1.07 bits per heavy atom. The lowest BCUT2D eigenvalue weighted by Crippen LogP contribution is -2.34. The molecule has 3 rings (SSSR count). The van der Waals surface area contributed by atoms with Gasteiger partial charge in [0.25, 0.3) is 0 Å². The van der Waals surface area contributed by atoms with Crippen molar-refractivity contribution in [3.63, 3.8) is 0 Å². The first-order chi connectivity index (χ1) is 14.1. The number of carbonyl (C=O) groups is 1. The van der Waals surface area contributed by atoms with E-state index in [0.29, 0.717) is 55.2 Å². The lowest BCUT2D eigenvalue weighted by Gasteiger charge is -2.28. The molecule has 0 bridgehead atoms. The van der Waals surface area contributed by atoms with Gasteiger partial charge in [0.1, 0.15) is 23.1 Å². The maximum absolute atomic E-state index is 13.8. The summed E-state index contributed by atoms with van der Waals surface area (Å²) in [6, 6.07) is 10.2. The molecule has 0 unspecified atom stereocenters. The highest BCUT2D eigenvalue weighted by Crippen LogP contribution is 2.40. The number of halogens is 1. The lowest BCUT2D eigenvalue weighted by atomic mass is 9.97. The van der Waals surface area contributed by atoms with Gasteiger partial charge in [-0.1, -0.05) is 24.3 Å². The number of amides is 1. The van der Waals surface area contributed by atoms with Gasteiger partial charge in [-0.2, -0.15) is 0 Å². The number of carbonyl (C=O) groups excluding carboxylic acids is 1. The van der Waals surface area contributed by atoms with Gasteiger partial charge in [0.05, 0.1) is 26.9 Å². The zero-order valence-corrected chi connectivity index (χ0v) is 17.0. The van der Waals surface area contributed by atoms with Crippen molar-refractivity contribution in [3.05, 3.63) is 59.4 Å². The molecule has 0 saturated heterocycles. The smallest absolute Gasteiger partial charge is 0.223 e. The average molecular weight is 399 g/mol. The third kappa shape index (κ3) is 4.70. The van der Waals surface area contributed by atoms with Gasteiger partial charge in [-0.25, -0.2) is 4.39 Å². The zero-order valence-electron chi connectivity index (χ0n) is 17.0. The molecule has 0 radical (unpaired) electrons. The van der Waals surface area contributed by atoms with E-state index in [1.807, 2.05) is 18.2 Å². The van der Waals surface area contributed by atoms with Crippen LogP contribution < -0.4 is 14.2 Å². The molecule has 154 valence electrons. The Kier molecular flexibility index (Phi) is 6.75. The average Bonchev–Trinajstić information content (AvgIpc) is 2.77. The van der Waals surface area contributed by atoms with Gasteiger partial charge in [-0.05, 0) is 30.0 Å². The van der Waals surface area contributed by atoms with Crippen LogP contribution in [0.1, 0.15) is 24.0 Å². The number of nitrogens with zero attached hydrogens (tertiary/aromatic N) is 1. The zero-order chi connectivity index (χ0) is 20.8. The maximum Gasteiger partial charge on any atom is 0.223 e. The molecule has 1 aliphatic rings. The molecular weight excluding hydrogens is 373 g/mol. The van der Waals surface area contributed by atoms with E-state index in [2.05, 4.69) is 0 Å². The van der Waals surface area contributed by atoms with Crippen LogP contribution >= 0.6 is 0 Å². The topological polar surface area (TPSA) is 48.0 Å². The van der Waals surface area contributed by atoms with E-state index in [-0.39, 0.29) is 11.7 Å². The highest BCUT2D eigenvalue weighted by Gasteiger charge is 2.23. The number of benzene rings is 2. The summed E-state index contributed by atoms with van der Waals surface area (Å²) in [5.74, 6) is 1.76. The van der Waals surface area contributed by atoms with Crippen LogP contribution in [0.15, 0.2) is 42.5 Å². The van der Waals surface area contributed by atoms with Crippen molar-refractivity contribution in [2.24, 2.45) is 0 Å². The van der Waals surface area contributed by atoms with Gasteiger partial charge in [-0.15, -0.1) is 0 Å². The number of hydrogen-bond acceptors (Lipinski definition) is 4. The Hall–Kier alpha value is -3.02. The molecule has 0 atom stereocenters. The predicted octanol–water partition coefficient (Wildman–Crippen LogP) is 4.10. The largest absolute Gasteiger partial charge is 0.496 e. The quantitative estimate of drug-likeness (QED) is 0.703. The molecule has 2 aromatic rings. The van der Waals surface area contributed by atoms with Crippen LogP contribution in [0.3, 0.4) is 0 Å². The molecule has 0 aromatic heterocycles. The van der Waals surface area contributed by atoms with Crippen molar-refractivity contribution < 1.29 is 23.4 Å². The maximum atomic E-state index is 13.8. The van der Waals surface area contributed by atoms with Crippen LogP contribution in [-0.4, -0.2) is 45.2 Å². The molecule has 5 nitrogen and oxygen atoms in total. The fourth-order valence-electron chi connectivity index (χ4n) is 3.55. The van der Waals surface area contributed by atoms with Crippen molar-refractivity contribution >= 4 is 11.5 Å². The summed E-state index contributed by atoms with van der Waals surface area (Å²) in [5, 5.41) is 0. The van der Waals surface area contributed by atoms with Crippen LogP contribution in [0.2, 0.25) is 0 Å². The third-order valence-electron chi connectivity index (χ3n) is 5.16. The van der Waals surface area contributed by atoms with Gasteiger partial charge in [0.15, 0.2) is 0 Å². The summed E-state index contributed by atoms with van der Waals surface area (Å²) >= 11 is 0. The second kappa shape index (κ2) is 9.45. The number of aryl methyl sites for hydroxylation is 1. The lowest BCUT2D eigenvalue weighted by molar-refractivity contribution is -0.130.